The molecule has 108 valence electrons. The van der Waals surface area contributed by atoms with Crippen molar-refractivity contribution in [2.75, 3.05) is 26.3 Å². The van der Waals surface area contributed by atoms with Crippen LogP contribution in [0.3, 0.4) is 0 Å². The summed E-state index contributed by atoms with van der Waals surface area (Å²) in [5.74, 6) is 0.685. The highest BCUT2D eigenvalue weighted by atomic mass is 16.5. The molecule has 1 saturated carbocycles. The van der Waals surface area contributed by atoms with Crippen molar-refractivity contribution in [3.05, 3.63) is 0 Å². The van der Waals surface area contributed by atoms with E-state index in [1.54, 1.807) is 0 Å². The van der Waals surface area contributed by atoms with Gasteiger partial charge in [-0.1, -0.05) is 6.92 Å². The zero-order chi connectivity index (χ0) is 13.7. The molecule has 0 spiro atoms. The highest BCUT2D eigenvalue weighted by molar-refractivity contribution is 6.05. The van der Waals surface area contributed by atoms with E-state index in [9.17, 15) is 9.59 Å². The lowest BCUT2D eigenvalue weighted by molar-refractivity contribution is -0.138. The van der Waals surface area contributed by atoms with E-state index >= 15 is 0 Å². The smallest absolute Gasteiger partial charge is 0.246 e. The van der Waals surface area contributed by atoms with Crippen LogP contribution < -0.4 is 5.32 Å². The molecule has 0 aromatic rings. The molecule has 0 bridgehead atoms. The van der Waals surface area contributed by atoms with E-state index in [-0.39, 0.29) is 17.9 Å². The first kappa shape index (κ1) is 14.5. The number of ether oxygens (including phenoxy) is 1. The van der Waals surface area contributed by atoms with Gasteiger partial charge < -0.3 is 10.1 Å². The molecule has 5 heteroatoms. The number of rotatable bonds is 9. The molecule has 1 saturated heterocycles. The Morgan fingerprint density at radius 1 is 1.37 bits per heavy atom. The van der Waals surface area contributed by atoms with Gasteiger partial charge in [0.05, 0.1) is 12.5 Å². The van der Waals surface area contributed by atoms with Crippen LogP contribution in [0, 0.1) is 5.92 Å². The average Bonchev–Trinajstić information content (AvgIpc) is 3.17. The summed E-state index contributed by atoms with van der Waals surface area (Å²) >= 11 is 0. The number of nitrogens with one attached hydrogen (secondary N) is 1. The van der Waals surface area contributed by atoms with Gasteiger partial charge >= 0.3 is 0 Å². The lowest BCUT2D eigenvalue weighted by Crippen LogP contribution is -2.39. The fourth-order valence-corrected chi connectivity index (χ4v) is 2.29. The summed E-state index contributed by atoms with van der Waals surface area (Å²) in [5.41, 5.74) is 0. The lowest BCUT2D eigenvalue weighted by Gasteiger charge is -2.14. The van der Waals surface area contributed by atoms with Crippen LogP contribution in [0.15, 0.2) is 0 Å². The Hall–Kier alpha value is -0.940. The second-order valence-corrected chi connectivity index (χ2v) is 5.47. The predicted octanol–water partition coefficient (Wildman–Crippen LogP) is 0.930. The molecule has 1 atom stereocenters. The van der Waals surface area contributed by atoms with Gasteiger partial charge in [-0.25, -0.2) is 0 Å². The van der Waals surface area contributed by atoms with Crippen LogP contribution in [0.1, 0.15) is 39.0 Å². The second kappa shape index (κ2) is 7.01. The molecule has 1 N–H and O–H groups in total. The first-order valence-electron chi connectivity index (χ1n) is 7.37. The Balaban J connectivity index is 1.57. The molecule has 2 fully saturated rings. The topological polar surface area (TPSA) is 58.6 Å². The number of carbonyl (C=O) groups is 2. The molecule has 1 unspecified atom stereocenters. The molecule has 1 heterocycles. The maximum Gasteiger partial charge on any atom is 0.246 e. The number of amides is 2. The van der Waals surface area contributed by atoms with Crippen LogP contribution >= 0.6 is 0 Å². The highest BCUT2D eigenvalue weighted by Gasteiger charge is 2.37. The van der Waals surface area contributed by atoms with Gasteiger partial charge in [0.15, 0.2) is 0 Å². The summed E-state index contributed by atoms with van der Waals surface area (Å²) in [6, 6.07) is -0.317. The summed E-state index contributed by atoms with van der Waals surface area (Å²) in [7, 11) is 0. The first-order chi connectivity index (χ1) is 9.22. The quantitative estimate of drug-likeness (QED) is 0.499. The predicted molar refractivity (Wildman–Crippen MR) is 71.6 cm³/mol. The SMILES string of the molecule is CCCN1C(=O)CC(NCCCOCC2CC2)C1=O. The fourth-order valence-electron chi connectivity index (χ4n) is 2.29. The standard InChI is InChI=1S/C14H24N2O3/c1-2-7-16-13(17)9-12(14(16)18)15-6-3-8-19-10-11-4-5-11/h11-12,15H,2-10H2,1H3. The molecule has 2 aliphatic rings. The number of hydrogen-bond donors (Lipinski definition) is 1. The van der Waals surface area contributed by atoms with E-state index in [2.05, 4.69) is 5.32 Å². The van der Waals surface area contributed by atoms with Crippen LogP contribution in [0.4, 0.5) is 0 Å². The van der Waals surface area contributed by atoms with Crippen molar-refractivity contribution < 1.29 is 14.3 Å². The number of nitrogens with zero attached hydrogens (tertiary/aromatic N) is 1. The van der Waals surface area contributed by atoms with Gasteiger partial charge in [-0.3, -0.25) is 14.5 Å². The van der Waals surface area contributed by atoms with Gasteiger partial charge in [-0.15, -0.1) is 0 Å². The summed E-state index contributed by atoms with van der Waals surface area (Å²) in [4.78, 5) is 25.0. The van der Waals surface area contributed by atoms with Crippen molar-refractivity contribution in [2.24, 2.45) is 5.92 Å². The zero-order valence-corrected chi connectivity index (χ0v) is 11.7. The number of carbonyl (C=O) groups excluding carboxylic acids is 2. The molecule has 0 radical (unpaired) electrons. The van der Waals surface area contributed by atoms with Crippen LogP contribution in [0.2, 0.25) is 0 Å². The maximum atomic E-state index is 11.9. The lowest BCUT2D eigenvalue weighted by atomic mass is 10.2. The van der Waals surface area contributed by atoms with Crippen molar-refractivity contribution in [1.29, 1.82) is 0 Å². The Morgan fingerprint density at radius 3 is 2.84 bits per heavy atom. The van der Waals surface area contributed by atoms with Crippen molar-refractivity contribution in [3.63, 3.8) is 0 Å². The van der Waals surface area contributed by atoms with Crippen LogP contribution in [0.5, 0.6) is 0 Å². The molecule has 2 amide bonds. The molecule has 0 aromatic heterocycles. The third kappa shape index (κ3) is 4.28. The Bertz CT molecular complexity index is 329. The number of hydrogen-bond acceptors (Lipinski definition) is 4. The second-order valence-electron chi connectivity index (χ2n) is 5.47. The van der Waals surface area contributed by atoms with Crippen LogP contribution in [-0.4, -0.2) is 49.1 Å². The van der Waals surface area contributed by atoms with Gasteiger partial charge in [-0.2, -0.15) is 0 Å². The molecule has 5 nitrogen and oxygen atoms in total. The fraction of sp³-hybridized carbons (Fsp3) is 0.857. The van der Waals surface area contributed by atoms with Crippen molar-refractivity contribution in [2.45, 2.75) is 45.1 Å². The summed E-state index contributed by atoms with van der Waals surface area (Å²) in [6.07, 6.45) is 4.63. The molecule has 1 aliphatic heterocycles. The third-order valence-electron chi connectivity index (χ3n) is 3.60. The third-order valence-corrected chi connectivity index (χ3v) is 3.60. The molecule has 1 aliphatic carbocycles. The summed E-state index contributed by atoms with van der Waals surface area (Å²) in [6.45, 7) is 4.86. The summed E-state index contributed by atoms with van der Waals surface area (Å²) < 4.78 is 5.53. The maximum absolute atomic E-state index is 11.9. The van der Waals surface area contributed by atoms with E-state index in [4.69, 9.17) is 4.74 Å². The molecular formula is C14H24N2O3. The monoisotopic (exact) mass is 268 g/mol. The van der Waals surface area contributed by atoms with Gasteiger partial charge in [-0.05, 0) is 38.1 Å². The van der Waals surface area contributed by atoms with E-state index in [0.29, 0.717) is 13.0 Å². The van der Waals surface area contributed by atoms with Crippen molar-refractivity contribution in [3.8, 4) is 0 Å². The Kier molecular flexibility index (Phi) is 5.34. The minimum atomic E-state index is -0.317. The van der Waals surface area contributed by atoms with E-state index in [1.807, 2.05) is 6.92 Å². The molecular weight excluding hydrogens is 244 g/mol. The number of imide groups is 1. The van der Waals surface area contributed by atoms with E-state index < -0.39 is 0 Å². The van der Waals surface area contributed by atoms with Crippen LogP contribution in [0.25, 0.3) is 0 Å². The Morgan fingerprint density at radius 2 is 2.16 bits per heavy atom. The molecule has 19 heavy (non-hydrogen) atoms. The zero-order valence-electron chi connectivity index (χ0n) is 11.7. The van der Waals surface area contributed by atoms with Crippen molar-refractivity contribution in [1.82, 2.24) is 10.2 Å². The molecule has 2 rings (SSSR count). The van der Waals surface area contributed by atoms with Gasteiger partial charge in [0.25, 0.3) is 0 Å². The van der Waals surface area contributed by atoms with Gasteiger partial charge in [0.1, 0.15) is 0 Å². The van der Waals surface area contributed by atoms with E-state index in [1.165, 1.54) is 17.7 Å². The largest absolute Gasteiger partial charge is 0.381 e. The minimum Gasteiger partial charge on any atom is -0.381 e. The highest BCUT2D eigenvalue weighted by Crippen LogP contribution is 2.28. The van der Waals surface area contributed by atoms with Crippen LogP contribution in [-0.2, 0) is 14.3 Å². The Labute approximate surface area is 114 Å². The van der Waals surface area contributed by atoms with Crippen molar-refractivity contribution >= 4 is 11.8 Å². The summed E-state index contributed by atoms with van der Waals surface area (Å²) in [5, 5.41) is 3.16. The molecule has 0 aromatic carbocycles. The normalized spacial score (nSPS) is 23.4. The average molecular weight is 268 g/mol. The van der Waals surface area contributed by atoms with Gasteiger partial charge in [0, 0.05) is 19.8 Å². The first-order valence-corrected chi connectivity index (χ1v) is 7.37. The van der Waals surface area contributed by atoms with E-state index in [0.717, 1.165) is 38.5 Å². The number of likely N-dealkylation sites (tertiary alicyclic amines) is 1. The minimum absolute atomic E-state index is 0.0469. The van der Waals surface area contributed by atoms with Gasteiger partial charge in [0.2, 0.25) is 11.8 Å².